The van der Waals surface area contributed by atoms with Gasteiger partial charge in [-0.15, -0.1) is 0 Å². The predicted octanol–water partition coefficient (Wildman–Crippen LogP) is 3.96. The highest BCUT2D eigenvalue weighted by atomic mass is 79.9. The van der Waals surface area contributed by atoms with E-state index in [4.69, 9.17) is 0 Å². The molecule has 66 valence electrons. The summed E-state index contributed by atoms with van der Waals surface area (Å²) in [5.74, 6) is 0.540. The fourth-order valence-electron chi connectivity index (χ4n) is 1.14. The van der Waals surface area contributed by atoms with Gasteiger partial charge in [-0.3, -0.25) is 0 Å². The highest BCUT2D eigenvalue weighted by Gasteiger charge is 2.22. The number of benzene rings is 1. The van der Waals surface area contributed by atoms with Gasteiger partial charge in [-0.1, -0.05) is 53.2 Å². The molecule has 0 heterocycles. The number of rotatable bonds is 2. The van der Waals surface area contributed by atoms with Crippen LogP contribution in [-0.4, -0.2) is 4.32 Å². The summed E-state index contributed by atoms with van der Waals surface area (Å²) in [5, 5.41) is 0. The van der Waals surface area contributed by atoms with Crippen LogP contribution in [0.15, 0.2) is 30.3 Å². The highest BCUT2D eigenvalue weighted by Crippen LogP contribution is 2.34. The molecule has 1 atom stereocenters. The van der Waals surface area contributed by atoms with Crippen LogP contribution in [-0.2, 0) is 0 Å². The van der Waals surface area contributed by atoms with Crippen LogP contribution in [0, 0.1) is 0 Å². The van der Waals surface area contributed by atoms with Crippen molar-refractivity contribution in [1.29, 1.82) is 0 Å². The smallest absolute Gasteiger partial charge is 0.0267 e. The van der Waals surface area contributed by atoms with Crippen molar-refractivity contribution < 1.29 is 0 Å². The van der Waals surface area contributed by atoms with Crippen molar-refractivity contribution in [2.45, 2.75) is 31.0 Å². The van der Waals surface area contributed by atoms with Crippen LogP contribution in [0.3, 0.4) is 0 Å². The van der Waals surface area contributed by atoms with Gasteiger partial charge in [0.1, 0.15) is 0 Å². The van der Waals surface area contributed by atoms with Crippen LogP contribution < -0.4 is 0 Å². The van der Waals surface area contributed by atoms with Crippen LogP contribution in [0.4, 0.5) is 0 Å². The Morgan fingerprint density at radius 3 is 2.08 bits per heavy atom. The molecular weight excluding hydrogens is 212 g/mol. The van der Waals surface area contributed by atoms with E-state index in [2.05, 4.69) is 67.0 Å². The molecule has 0 nitrogen and oxygen atoms in total. The van der Waals surface area contributed by atoms with Gasteiger partial charge in [-0.2, -0.15) is 0 Å². The molecule has 1 heteroatoms. The largest absolute Gasteiger partial charge is 0.0853 e. The average molecular weight is 227 g/mol. The molecule has 1 aromatic rings. The topological polar surface area (TPSA) is 0 Å². The Labute approximate surface area is 83.1 Å². The third-order valence-corrected chi connectivity index (χ3v) is 3.02. The molecule has 0 saturated heterocycles. The van der Waals surface area contributed by atoms with Crippen molar-refractivity contribution in [3.8, 4) is 0 Å². The third-order valence-electron chi connectivity index (χ3n) is 2.33. The second-order valence-corrected chi connectivity index (χ2v) is 5.74. The molecule has 0 radical (unpaired) electrons. The summed E-state index contributed by atoms with van der Waals surface area (Å²) < 4.78 is 0.175. The Morgan fingerprint density at radius 2 is 1.67 bits per heavy atom. The summed E-state index contributed by atoms with van der Waals surface area (Å²) in [6, 6.07) is 10.6. The van der Waals surface area contributed by atoms with Gasteiger partial charge in [0.15, 0.2) is 0 Å². The summed E-state index contributed by atoms with van der Waals surface area (Å²) in [7, 11) is 0. The molecule has 0 unspecified atom stereocenters. The standard InChI is InChI=1S/C11H15Br/c1-9(11(2,3)12)10-7-5-4-6-8-10/h4-9H,1-3H3/t9-/m0/s1. The van der Waals surface area contributed by atoms with Crippen molar-refractivity contribution in [2.24, 2.45) is 0 Å². The molecule has 0 aliphatic rings. The Balaban J connectivity index is 2.86. The molecule has 0 aromatic heterocycles. The van der Waals surface area contributed by atoms with Gasteiger partial charge in [-0.25, -0.2) is 0 Å². The van der Waals surface area contributed by atoms with Gasteiger partial charge >= 0.3 is 0 Å². The highest BCUT2D eigenvalue weighted by molar-refractivity contribution is 9.10. The molecule has 1 rings (SSSR count). The van der Waals surface area contributed by atoms with Crippen LogP contribution in [0.2, 0.25) is 0 Å². The molecule has 0 saturated carbocycles. The Morgan fingerprint density at radius 1 is 1.17 bits per heavy atom. The summed E-state index contributed by atoms with van der Waals surface area (Å²) in [6.07, 6.45) is 0. The van der Waals surface area contributed by atoms with Gasteiger partial charge < -0.3 is 0 Å². The maximum atomic E-state index is 3.68. The molecule has 12 heavy (non-hydrogen) atoms. The van der Waals surface area contributed by atoms with Crippen LogP contribution in [0.5, 0.6) is 0 Å². The maximum Gasteiger partial charge on any atom is 0.0267 e. The first-order chi connectivity index (χ1) is 5.52. The lowest BCUT2D eigenvalue weighted by Gasteiger charge is -2.25. The average Bonchev–Trinajstić information content (AvgIpc) is 2.03. The summed E-state index contributed by atoms with van der Waals surface area (Å²) in [4.78, 5) is 0. The van der Waals surface area contributed by atoms with Crippen LogP contribution >= 0.6 is 15.9 Å². The zero-order chi connectivity index (χ0) is 9.19. The Kier molecular flexibility index (Phi) is 2.94. The Bertz CT molecular complexity index is 233. The fourth-order valence-corrected chi connectivity index (χ4v) is 1.40. The van der Waals surface area contributed by atoms with Gasteiger partial charge in [0.2, 0.25) is 0 Å². The van der Waals surface area contributed by atoms with E-state index in [1.807, 2.05) is 0 Å². The first-order valence-electron chi connectivity index (χ1n) is 4.25. The predicted molar refractivity (Wildman–Crippen MR) is 57.9 cm³/mol. The minimum absolute atomic E-state index is 0.175. The summed E-state index contributed by atoms with van der Waals surface area (Å²) in [6.45, 7) is 6.64. The number of hydrogen-bond acceptors (Lipinski definition) is 0. The lowest BCUT2D eigenvalue weighted by molar-refractivity contribution is 0.599. The first kappa shape index (κ1) is 9.79. The monoisotopic (exact) mass is 226 g/mol. The SMILES string of the molecule is C[C@@H](c1ccccc1)C(C)(C)Br. The minimum Gasteiger partial charge on any atom is -0.0853 e. The molecule has 1 aromatic carbocycles. The van der Waals surface area contributed by atoms with Crippen LogP contribution in [0.25, 0.3) is 0 Å². The molecule has 0 N–H and O–H groups in total. The van der Waals surface area contributed by atoms with E-state index in [9.17, 15) is 0 Å². The zero-order valence-electron chi connectivity index (χ0n) is 7.84. The van der Waals surface area contributed by atoms with Crippen molar-refractivity contribution >= 4 is 15.9 Å². The fraction of sp³-hybridized carbons (Fsp3) is 0.455. The van der Waals surface area contributed by atoms with E-state index >= 15 is 0 Å². The van der Waals surface area contributed by atoms with Gasteiger partial charge in [0.25, 0.3) is 0 Å². The van der Waals surface area contributed by atoms with Crippen LogP contribution in [0.1, 0.15) is 32.3 Å². The van der Waals surface area contributed by atoms with E-state index in [0.717, 1.165) is 0 Å². The summed E-state index contributed by atoms with van der Waals surface area (Å²) in [5.41, 5.74) is 1.39. The minimum atomic E-state index is 0.175. The van der Waals surface area contributed by atoms with Crippen molar-refractivity contribution in [3.05, 3.63) is 35.9 Å². The van der Waals surface area contributed by atoms with Crippen molar-refractivity contribution in [1.82, 2.24) is 0 Å². The van der Waals surface area contributed by atoms with Gasteiger partial charge in [-0.05, 0) is 25.3 Å². The van der Waals surface area contributed by atoms with E-state index in [1.165, 1.54) is 5.56 Å². The Hall–Kier alpha value is -0.300. The second-order valence-electron chi connectivity index (χ2n) is 3.70. The normalized spacial score (nSPS) is 14.3. The maximum absolute atomic E-state index is 3.68. The molecule has 0 aliphatic heterocycles. The van der Waals surface area contributed by atoms with E-state index in [0.29, 0.717) is 5.92 Å². The second kappa shape index (κ2) is 3.61. The zero-order valence-corrected chi connectivity index (χ0v) is 9.43. The molecule has 0 bridgehead atoms. The van der Waals surface area contributed by atoms with E-state index < -0.39 is 0 Å². The lowest BCUT2D eigenvalue weighted by Crippen LogP contribution is -2.18. The molecule has 0 fully saturated rings. The molecule has 0 aliphatic carbocycles. The molecule has 0 spiro atoms. The molecular formula is C11H15Br. The van der Waals surface area contributed by atoms with Gasteiger partial charge in [0.05, 0.1) is 0 Å². The summed E-state index contributed by atoms with van der Waals surface area (Å²) >= 11 is 3.68. The van der Waals surface area contributed by atoms with Crippen molar-refractivity contribution in [2.75, 3.05) is 0 Å². The van der Waals surface area contributed by atoms with E-state index in [-0.39, 0.29) is 4.32 Å². The number of hydrogen-bond donors (Lipinski definition) is 0. The lowest BCUT2D eigenvalue weighted by atomic mass is 9.90. The quantitative estimate of drug-likeness (QED) is 0.670. The number of halogens is 1. The van der Waals surface area contributed by atoms with Crippen molar-refractivity contribution in [3.63, 3.8) is 0 Å². The molecule has 0 amide bonds. The number of alkyl halides is 1. The third kappa shape index (κ3) is 2.34. The van der Waals surface area contributed by atoms with Gasteiger partial charge in [0, 0.05) is 4.32 Å². The van der Waals surface area contributed by atoms with E-state index in [1.54, 1.807) is 0 Å². The first-order valence-corrected chi connectivity index (χ1v) is 5.05.